The maximum absolute atomic E-state index is 12.0. The molecule has 3 N–H and O–H groups in total. The molecule has 1 unspecified atom stereocenters. The van der Waals surface area contributed by atoms with Gasteiger partial charge in [0.25, 0.3) is 5.91 Å². The van der Waals surface area contributed by atoms with E-state index < -0.39 is 5.60 Å². The van der Waals surface area contributed by atoms with Crippen LogP contribution in [0.5, 0.6) is 0 Å². The first-order valence-electron chi connectivity index (χ1n) is 5.89. The Kier molecular flexibility index (Phi) is 4.24. The van der Waals surface area contributed by atoms with Gasteiger partial charge in [0.15, 0.2) is 0 Å². The number of hydrogen-bond donors (Lipinski definition) is 2. The summed E-state index contributed by atoms with van der Waals surface area (Å²) in [5, 5.41) is 2.99. The first-order valence-corrected chi connectivity index (χ1v) is 6.27. The number of anilines is 1. The minimum Gasteiger partial charge on any atom is -0.384 e. The number of amides is 1. The monoisotopic (exact) mass is 285 g/mol. The van der Waals surface area contributed by atoms with E-state index >= 15 is 0 Å². The lowest BCUT2D eigenvalue weighted by atomic mass is 10.0. The van der Waals surface area contributed by atoms with E-state index in [0.717, 1.165) is 6.42 Å². The second kappa shape index (κ2) is 5.73. The molecule has 0 spiro atoms. The van der Waals surface area contributed by atoms with Crippen molar-refractivity contribution < 1.29 is 14.3 Å². The number of carbonyl (C=O) groups excluding carboxylic acids is 1. The zero-order valence-corrected chi connectivity index (χ0v) is 11.4. The molecule has 6 nitrogen and oxygen atoms in total. The maximum atomic E-state index is 12.0. The molecule has 1 aliphatic heterocycles. The molecule has 1 fully saturated rings. The van der Waals surface area contributed by atoms with Crippen LogP contribution in [-0.4, -0.2) is 43.4 Å². The molecule has 1 aromatic rings. The van der Waals surface area contributed by atoms with Crippen molar-refractivity contribution >= 4 is 23.3 Å². The Balaban J connectivity index is 2.01. The number of nitrogen functional groups attached to an aromatic ring is 1. The van der Waals surface area contributed by atoms with Gasteiger partial charge in [-0.2, -0.15) is 0 Å². The van der Waals surface area contributed by atoms with Crippen LogP contribution < -0.4 is 11.1 Å². The summed E-state index contributed by atoms with van der Waals surface area (Å²) in [5.41, 5.74) is 5.48. The van der Waals surface area contributed by atoms with Crippen molar-refractivity contribution in [2.24, 2.45) is 0 Å². The lowest BCUT2D eigenvalue weighted by Crippen LogP contribution is -2.45. The third-order valence-corrected chi connectivity index (χ3v) is 3.34. The van der Waals surface area contributed by atoms with Gasteiger partial charge >= 0.3 is 0 Å². The largest absolute Gasteiger partial charge is 0.384 e. The van der Waals surface area contributed by atoms with Gasteiger partial charge in [-0.05, 0) is 12.1 Å². The van der Waals surface area contributed by atoms with Crippen molar-refractivity contribution in [1.82, 2.24) is 10.3 Å². The average molecular weight is 286 g/mol. The highest BCUT2D eigenvalue weighted by Gasteiger charge is 2.35. The second-order valence-electron chi connectivity index (χ2n) is 4.48. The molecular formula is C12H16ClN3O3. The lowest BCUT2D eigenvalue weighted by molar-refractivity contribution is -0.0148. The SMILES string of the molecule is COC1(CNC(=O)c2cc(N)nc(Cl)c2)CCOC1. The van der Waals surface area contributed by atoms with Crippen LogP contribution in [0.4, 0.5) is 5.82 Å². The summed E-state index contributed by atoms with van der Waals surface area (Å²) in [6.45, 7) is 1.49. The van der Waals surface area contributed by atoms with Crippen molar-refractivity contribution in [1.29, 1.82) is 0 Å². The van der Waals surface area contributed by atoms with Crippen LogP contribution in [0, 0.1) is 0 Å². The maximum Gasteiger partial charge on any atom is 0.251 e. The van der Waals surface area contributed by atoms with E-state index in [0.29, 0.717) is 25.3 Å². The molecule has 0 radical (unpaired) electrons. The number of rotatable bonds is 4. The van der Waals surface area contributed by atoms with E-state index in [1.165, 1.54) is 12.1 Å². The summed E-state index contributed by atoms with van der Waals surface area (Å²) >= 11 is 5.76. The fourth-order valence-corrected chi connectivity index (χ4v) is 2.17. The molecule has 1 aromatic heterocycles. The molecule has 19 heavy (non-hydrogen) atoms. The number of nitrogens with zero attached hydrogens (tertiary/aromatic N) is 1. The smallest absolute Gasteiger partial charge is 0.251 e. The molecule has 1 atom stereocenters. The molecule has 7 heteroatoms. The van der Waals surface area contributed by atoms with Gasteiger partial charge in [-0.1, -0.05) is 11.6 Å². The highest BCUT2D eigenvalue weighted by Crippen LogP contribution is 2.21. The van der Waals surface area contributed by atoms with Crippen LogP contribution in [0.2, 0.25) is 5.15 Å². The Labute approximate surface area is 116 Å². The van der Waals surface area contributed by atoms with Gasteiger partial charge in [0.05, 0.1) is 6.61 Å². The molecule has 104 valence electrons. The molecular weight excluding hydrogens is 270 g/mol. The number of carbonyl (C=O) groups is 1. The minimum absolute atomic E-state index is 0.191. The van der Waals surface area contributed by atoms with Crippen LogP contribution in [0.3, 0.4) is 0 Å². The van der Waals surface area contributed by atoms with Gasteiger partial charge < -0.3 is 20.5 Å². The van der Waals surface area contributed by atoms with E-state index in [1.54, 1.807) is 7.11 Å². The highest BCUT2D eigenvalue weighted by molar-refractivity contribution is 6.29. The summed E-state index contributed by atoms with van der Waals surface area (Å²) in [6, 6.07) is 2.95. The van der Waals surface area contributed by atoms with Gasteiger partial charge in [0.2, 0.25) is 0 Å². The first-order chi connectivity index (χ1) is 9.04. The third kappa shape index (κ3) is 3.34. The Morgan fingerprint density at radius 3 is 3.05 bits per heavy atom. The van der Waals surface area contributed by atoms with Crippen LogP contribution in [-0.2, 0) is 9.47 Å². The number of methoxy groups -OCH3 is 1. The van der Waals surface area contributed by atoms with Crippen LogP contribution in [0.1, 0.15) is 16.8 Å². The molecule has 1 saturated heterocycles. The van der Waals surface area contributed by atoms with Gasteiger partial charge in [-0.3, -0.25) is 4.79 Å². The number of nitrogens with one attached hydrogen (secondary N) is 1. The summed E-state index contributed by atoms with van der Waals surface area (Å²) in [4.78, 5) is 15.8. The zero-order chi connectivity index (χ0) is 13.9. The number of halogens is 1. The topological polar surface area (TPSA) is 86.5 Å². The minimum atomic E-state index is -0.446. The fraction of sp³-hybridized carbons (Fsp3) is 0.500. The molecule has 1 aliphatic rings. The average Bonchev–Trinajstić information content (AvgIpc) is 2.84. The Morgan fingerprint density at radius 1 is 1.68 bits per heavy atom. The Morgan fingerprint density at radius 2 is 2.47 bits per heavy atom. The van der Waals surface area contributed by atoms with Crippen LogP contribution >= 0.6 is 11.6 Å². The predicted octanol–water partition coefficient (Wildman–Crippen LogP) is 0.853. The van der Waals surface area contributed by atoms with E-state index in [4.69, 9.17) is 26.8 Å². The predicted molar refractivity (Wildman–Crippen MR) is 71.2 cm³/mol. The number of nitrogens with two attached hydrogens (primary N) is 1. The van der Waals surface area contributed by atoms with E-state index in [9.17, 15) is 4.79 Å². The number of pyridine rings is 1. The zero-order valence-electron chi connectivity index (χ0n) is 10.6. The standard InChI is InChI=1S/C12H16ClN3O3/c1-18-12(2-3-19-7-12)6-15-11(17)8-4-9(13)16-10(14)5-8/h4-5H,2-3,6-7H2,1H3,(H2,14,16)(H,15,17). The van der Waals surface area contributed by atoms with Gasteiger partial charge in [-0.25, -0.2) is 4.98 Å². The van der Waals surface area contributed by atoms with Crippen molar-refractivity contribution in [3.63, 3.8) is 0 Å². The molecule has 0 bridgehead atoms. The first kappa shape index (κ1) is 14.0. The molecule has 1 amide bonds. The molecule has 2 heterocycles. The molecule has 0 aromatic carbocycles. The Bertz CT molecular complexity index is 455. The Hall–Kier alpha value is -1.37. The van der Waals surface area contributed by atoms with Crippen molar-refractivity contribution in [3.8, 4) is 0 Å². The molecule has 2 rings (SSSR count). The van der Waals surface area contributed by atoms with Crippen molar-refractivity contribution in [2.45, 2.75) is 12.0 Å². The van der Waals surface area contributed by atoms with Crippen LogP contribution in [0.15, 0.2) is 12.1 Å². The van der Waals surface area contributed by atoms with Gasteiger partial charge in [0.1, 0.15) is 16.6 Å². The summed E-state index contributed by atoms with van der Waals surface area (Å²) < 4.78 is 10.7. The van der Waals surface area contributed by atoms with Crippen LogP contribution in [0.25, 0.3) is 0 Å². The van der Waals surface area contributed by atoms with E-state index in [1.807, 2.05) is 0 Å². The number of hydrogen-bond acceptors (Lipinski definition) is 5. The highest BCUT2D eigenvalue weighted by atomic mass is 35.5. The van der Waals surface area contributed by atoms with Crippen molar-refractivity contribution in [2.75, 3.05) is 32.6 Å². The summed E-state index contributed by atoms with van der Waals surface area (Å²) in [5.74, 6) is -0.0531. The second-order valence-corrected chi connectivity index (χ2v) is 4.86. The quantitative estimate of drug-likeness (QED) is 0.801. The lowest BCUT2D eigenvalue weighted by Gasteiger charge is -2.25. The van der Waals surface area contributed by atoms with E-state index in [2.05, 4.69) is 10.3 Å². The number of aromatic nitrogens is 1. The fourth-order valence-electron chi connectivity index (χ4n) is 1.95. The summed E-state index contributed by atoms with van der Waals surface area (Å²) in [7, 11) is 1.61. The number of ether oxygens (including phenoxy) is 2. The molecule has 0 saturated carbocycles. The normalized spacial score (nSPS) is 22.4. The van der Waals surface area contributed by atoms with Gasteiger partial charge in [-0.15, -0.1) is 0 Å². The van der Waals surface area contributed by atoms with E-state index in [-0.39, 0.29) is 16.9 Å². The molecule has 0 aliphatic carbocycles. The van der Waals surface area contributed by atoms with Gasteiger partial charge in [0, 0.05) is 32.2 Å². The van der Waals surface area contributed by atoms with Crippen molar-refractivity contribution in [3.05, 3.63) is 22.8 Å². The summed E-state index contributed by atoms with van der Waals surface area (Å²) in [6.07, 6.45) is 0.753. The third-order valence-electron chi connectivity index (χ3n) is 3.15.